The van der Waals surface area contributed by atoms with E-state index in [0.717, 1.165) is 4.90 Å². The third kappa shape index (κ3) is 11.2. The number of alkyl halides is 3. The first-order valence-corrected chi connectivity index (χ1v) is 14.1. The van der Waals surface area contributed by atoms with E-state index in [4.69, 9.17) is 9.47 Å². The maximum absolute atomic E-state index is 13.3. The zero-order chi connectivity index (χ0) is 32.9. The number of nitrogens with one attached hydrogen (secondary N) is 2. The van der Waals surface area contributed by atoms with Gasteiger partial charge >= 0.3 is 18.2 Å². The first-order chi connectivity index (χ1) is 20.3. The summed E-state index contributed by atoms with van der Waals surface area (Å²) < 4.78 is 48.9. The van der Waals surface area contributed by atoms with Crippen molar-refractivity contribution >= 4 is 35.3 Å². The molecule has 0 saturated carbocycles. The summed E-state index contributed by atoms with van der Waals surface area (Å²) in [5, 5.41) is 5.33. The van der Waals surface area contributed by atoms with Gasteiger partial charge < -0.3 is 25.0 Å². The molecule has 0 aromatic heterocycles. The fraction of sp³-hybridized carbons (Fsp3) is 0.484. The van der Waals surface area contributed by atoms with E-state index in [0.29, 0.717) is 22.5 Å². The highest BCUT2D eigenvalue weighted by Gasteiger charge is 2.35. The molecular weight excluding hydrogens is 581 g/mol. The third-order valence-electron chi connectivity index (χ3n) is 6.18. The van der Waals surface area contributed by atoms with E-state index in [1.165, 1.54) is 17.0 Å². The van der Waals surface area contributed by atoms with E-state index in [2.05, 4.69) is 10.6 Å². The number of anilines is 2. The van der Waals surface area contributed by atoms with Crippen LogP contribution in [0.25, 0.3) is 0 Å². The van der Waals surface area contributed by atoms with Gasteiger partial charge in [-0.3, -0.25) is 14.5 Å². The molecule has 1 aliphatic heterocycles. The molecule has 2 aromatic rings. The Balaban J connectivity index is 1.70. The van der Waals surface area contributed by atoms with Crippen LogP contribution in [0.2, 0.25) is 0 Å². The summed E-state index contributed by atoms with van der Waals surface area (Å²) in [6, 6.07) is 11.7. The van der Waals surface area contributed by atoms with E-state index in [9.17, 15) is 32.3 Å². The fourth-order valence-electron chi connectivity index (χ4n) is 4.35. The summed E-state index contributed by atoms with van der Waals surface area (Å²) in [4.78, 5) is 53.2. The van der Waals surface area contributed by atoms with Crippen LogP contribution in [0.4, 0.5) is 29.3 Å². The topological polar surface area (TPSA) is 117 Å². The van der Waals surface area contributed by atoms with Crippen molar-refractivity contribution in [3.63, 3.8) is 0 Å². The number of nitrogens with zero attached hydrogens (tertiary/aromatic N) is 2. The Kier molecular flexibility index (Phi) is 10.7. The number of hydrogen-bond donors (Lipinski definition) is 2. The Bertz CT molecular complexity index is 1330. The molecule has 3 rings (SSSR count). The number of halogens is 3. The van der Waals surface area contributed by atoms with Crippen molar-refractivity contribution in [2.45, 2.75) is 71.4 Å². The van der Waals surface area contributed by atoms with Gasteiger partial charge in [0.1, 0.15) is 17.2 Å². The molecular formula is C31H39F3N4O6. The van der Waals surface area contributed by atoms with Crippen LogP contribution in [-0.2, 0) is 25.5 Å². The number of ether oxygens (including phenoxy) is 2. The Hall–Kier alpha value is -4.13. The normalized spacial score (nSPS) is 15.4. The maximum Gasteiger partial charge on any atom is 0.408 e. The van der Waals surface area contributed by atoms with E-state index in [1.807, 2.05) is 0 Å². The minimum atomic E-state index is -4.39. The average Bonchev–Trinajstić information content (AvgIpc) is 2.86. The van der Waals surface area contributed by atoms with Crippen LogP contribution < -0.4 is 15.5 Å². The number of alkyl carbamates (subject to hydrolysis) is 1. The number of rotatable bonds is 8. The summed E-state index contributed by atoms with van der Waals surface area (Å²) in [5.41, 5.74) is 0.383. The van der Waals surface area contributed by atoms with Crippen LogP contribution in [0.15, 0.2) is 48.5 Å². The lowest BCUT2D eigenvalue weighted by molar-refractivity contribution is -0.150. The average molecular weight is 621 g/mol. The van der Waals surface area contributed by atoms with Crippen LogP contribution in [0.3, 0.4) is 0 Å². The van der Waals surface area contributed by atoms with Gasteiger partial charge in [-0.1, -0.05) is 12.1 Å². The van der Waals surface area contributed by atoms with E-state index in [-0.39, 0.29) is 26.1 Å². The molecule has 0 radical (unpaired) electrons. The van der Waals surface area contributed by atoms with Gasteiger partial charge in [0.25, 0.3) is 0 Å². The van der Waals surface area contributed by atoms with Crippen LogP contribution >= 0.6 is 0 Å². The zero-order valence-corrected chi connectivity index (χ0v) is 25.7. The number of benzene rings is 2. The largest absolute Gasteiger partial charge is 0.456 e. The van der Waals surface area contributed by atoms with Gasteiger partial charge in [-0.05, 0) is 83.5 Å². The Labute approximate surface area is 254 Å². The molecule has 0 bridgehead atoms. The van der Waals surface area contributed by atoms with Crippen molar-refractivity contribution in [2.24, 2.45) is 0 Å². The predicted octanol–water partition coefficient (Wildman–Crippen LogP) is 4.93. The second kappa shape index (κ2) is 13.7. The molecule has 10 nitrogen and oxygen atoms in total. The zero-order valence-electron chi connectivity index (χ0n) is 25.7. The van der Waals surface area contributed by atoms with Gasteiger partial charge in [0.2, 0.25) is 11.8 Å². The van der Waals surface area contributed by atoms with Crippen molar-refractivity contribution in [2.75, 3.05) is 36.4 Å². The molecule has 13 heteroatoms. The third-order valence-corrected chi connectivity index (χ3v) is 6.18. The van der Waals surface area contributed by atoms with Crippen molar-refractivity contribution in [3.05, 3.63) is 59.7 Å². The minimum Gasteiger partial charge on any atom is -0.456 e. The monoisotopic (exact) mass is 620 g/mol. The molecule has 1 heterocycles. The van der Waals surface area contributed by atoms with E-state index < -0.39 is 53.8 Å². The van der Waals surface area contributed by atoms with Crippen LogP contribution in [-0.4, -0.2) is 78.4 Å². The Morgan fingerprint density at radius 2 is 1.45 bits per heavy atom. The summed E-state index contributed by atoms with van der Waals surface area (Å²) >= 11 is 0. The van der Waals surface area contributed by atoms with Gasteiger partial charge in [0.05, 0.1) is 18.7 Å². The number of piperazine rings is 1. The number of esters is 1. The molecule has 0 spiro atoms. The lowest BCUT2D eigenvalue weighted by atomic mass is 10.0. The van der Waals surface area contributed by atoms with Gasteiger partial charge in [-0.15, -0.1) is 0 Å². The van der Waals surface area contributed by atoms with Crippen molar-refractivity contribution < 1.29 is 41.8 Å². The standard InChI is InChI=1S/C31H39F3N4O6/c1-29(2,3)43-27(41)21-9-11-22(12-10-21)35-26(40)24(36-28(42)44-30(4,5)6)17-20-7-13-23(14-8-20)38-16-15-37(18-25(38)39)19-31(32,33)34/h7-14,24H,15-19H2,1-6H3,(H,35,40)(H,36,42). The van der Waals surface area contributed by atoms with Gasteiger partial charge in [-0.2, -0.15) is 13.2 Å². The molecule has 1 atom stereocenters. The molecule has 1 saturated heterocycles. The molecule has 1 aliphatic rings. The van der Waals surface area contributed by atoms with Crippen LogP contribution in [0.1, 0.15) is 57.5 Å². The summed E-state index contributed by atoms with van der Waals surface area (Å²) in [6.07, 6.45) is -5.12. The van der Waals surface area contributed by atoms with Crippen molar-refractivity contribution in [3.8, 4) is 0 Å². The van der Waals surface area contributed by atoms with Gasteiger partial charge in [-0.25, -0.2) is 9.59 Å². The first-order valence-electron chi connectivity index (χ1n) is 14.1. The molecule has 2 aromatic carbocycles. The Morgan fingerprint density at radius 1 is 0.864 bits per heavy atom. The van der Waals surface area contributed by atoms with E-state index in [1.54, 1.807) is 77.9 Å². The Morgan fingerprint density at radius 3 is 1.98 bits per heavy atom. The summed E-state index contributed by atoms with van der Waals surface area (Å²) in [7, 11) is 0. The predicted molar refractivity (Wildman–Crippen MR) is 158 cm³/mol. The number of carbonyl (C=O) groups excluding carboxylic acids is 4. The van der Waals surface area contributed by atoms with Crippen LogP contribution in [0, 0.1) is 0 Å². The lowest BCUT2D eigenvalue weighted by Crippen LogP contribution is -2.52. The molecule has 1 unspecified atom stereocenters. The molecule has 2 N–H and O–H groups in total. The molecule has 1 fully saturated rings. The SMILES string of the molecule is CC(C)(C)OC(=O)NC(Cc1ccc(N2CCN(CC(F)(F)F)CC2=O)cc1)C(=O)Nc1ccc(C(=O)OC(C)(C)C)cc1. The number of amides is 3. The highest BCUT2D eigenvalue weighted by molar-refractivity contribution is 5.98. The lowest BCUT2D eigenvalue weighted by Gasteiger charge is -2.34. The minimum absolute atomic E-state index is 0.0641. The number of hydrogen-bond acceptors (Lipinski definition) is 7. The highest BCUT2D eigenvalue weighted by Crippen LogP contribution is 2.22. The maximum atomic E-state index is 13.3. The summed E-state index contributed by atoms with van der Waals surface area (Å²) in [5.74, 6) is -1.50. The van der Waals surface area contributed by atoms with E-state index >= 15 is 0 Å². The van der Waals surface area contributed by atoms with Crippen molar-refractivity contribution in [1.29, 1.82) is 0 Å². The quantitative estimate of drug-likeness (QED) is 0.402. The van der Waals surface area contributed by atoms with Gasteiger partial charge in [0.15, 0.2) is 0 Å². The van der Waals surface area contributed by atoms with Gasteiger partial charge in [0, 0.05) is 30.9 Å². The second-order valence-corrected chi connectivity index (χ2v) is 12.5. The number of carbonyl (C=O) groups is 4. The summed E-state index contributed by atoms with van der Waals surface area (Å²) in [6.45, 7) is 9.04. The fourth-order valence-corrected chi connectivity index (χ4v) is 4.35. The first kappa shape index (κ1) is 34.4. The second-order valence-electron chi connectivity index (χ2n) is 12.5. The molecule has 3 amide bonds. The molecule has 0 aliphatic carbocycles. The van der Waals surface area contributed by atoms with Crippen molar-refractivity contribution in [1.82, 2.24) is 10.2 Å². The highest BCUT2D eigenvalue weighted by atomic mass is 19.4. The smallest absolute Gasteiger partial charge is 0.408 e. The molecule has 44 heavy (non-hydrogen) atoms. The molecule has 240 valence electrons. The van der Waals surface area contributed by atoms with Crippen LogP contribution in [0.5, 0.6) is 0 Å².